The Morgan fingerprint density at radius 2 is 1.73 bits per heavy atom. The third-order valence-electron chi connectivity index (χ3n) is 4.41. The van der Waals surface area contributed by atoms with Crippen LogP contribution in [-0.2, 0) is 30.8 Å². The maximum absolute atomic E-state index is 12.5. The van der Waals surface area contributed by atoms with Gasteiger partial charge in [-0.3, -0.25) is 4.79 Å². The Kier molecular flexibility index (Phi) is 6.41. The molecule has 1 aromatic rings. The number of carbonyl (C=O) groups is 2. The van der Waals surface area contributed by atoms with Crippen molar-refractivity contribution in [2.45, 2.75) is 50.0 Å². The highest BCUT2D eigenvalue weighted by molar-refractivity contribution is 7.89. The lowest BCUT2D eigenvalue weighted by atomic mass is 10.0. The third kappa shape index (κ3) is 4.82. The van der Waals surface area contributed by atoms with Crippen LogP contribution in [0, 0.1) is 0 Å². The largest absolute Gasteiger partial charge is 0.467 e. The van der Waals surface area contributed by atoms with Crippen LogP contribution in [0.3, 0.4) is 0 Å². The number of ether oxygens (including phenoxy) is 1. The zero-order valence-electron chi connectivity index (χ0n) is 15.4. The molecular weight excluding hydrogens is 356 g/mol. The lowest BCUT2D eigenvalue weighted by molar-refractivity contribution is -0.149. The topological polar surface area (TPSA) is 92.8 Å². The van der Waals surface area contributed by atoms with E-state index in [0.29, 0.717) is 19.5 Å². The molecule has 2 rings (SSSR count). The monoisotopic (exact) mass is 382 g/mol. The predicted molar refractivity (Wildman–Crippen MR) is 97.0 cm³/mol. The van der Waals surface area contributed by atoms with Gasteiger partial charge >= 0.3 is 5.97 Å². The molecule has 1 aliphatic heterocycles. The van der Waals surface area contributed by atoms with Gasteiger partial charge in [0.05, 0.1) is 12.0 Å². The number of aryl methyl sites for hydroxylation is 1. The van der Waals surface area contributed by atoms with Gasteiger partial charge in [0, 0.05) is 19.5 Å². The molecule has 1 fully saturated rings. The van der Waals surface area contributed by atoms with Crippen LogP contribution in [0.5, 0.6) is 0 Å². The van der Waals surface area contributed by atoms with E-state index in [9.17, 15) is 18.0 Å². The van der Waals surface area contributed by atoms with Crippen LogP contribution in [0.4, 0.5) is 0 Å². The van der Waals surface area contributed by atoms with E-state index in [0.717, 1.165) is 18.4 Å². The second kappa shape index (κ2) is 8.18. The van der Waals surface area contributed by atoms with Gasteiger partial charge in [-0.2, -0.15) is 4.31 Å². The molecule has 0 bridgehead atoms. The molecule has 1 aliphatic rings. The van der Waals surface area contributed by atoms with Crippen LogP contribution in [0.25, 0.3) is 0 Å². The van der Waals surface area contributed by atoms with Crippen molar-refractivity contribution in [2.24, 2.45) is 0 Å². The number of benzene rings is 1. The van der Waals surface area contributed by atoms with E-state index in [1.807, 2.05) is 0 Å². The van der Waals surface area contributed by atoms with E-state index in [-0.39, 0.29) is 17.2 Å². The van der Waals surface area contributed by atoms with Gasteiger partial charge in [-0.15, -0.1) is 0 Å². The van der Waals surface area contributed by atoms with Crippen LogP contribution in [-0.4, -0.2) is 50.3 Å². The Bertz CT molecular complexity index is 750. The summed E-state index contributed by atoms with van der Waals surface area (Å²) in [7, 11) is -2.15. The predicted octanol–water partition coefficient (Wildman–Crippen LogP) is 1.47. The summed E-state index contributed by atoms with van der Waals surface area (Å²) >= 11 is 0. The highest BCUT2D eigenvalue weighted by Gasteiger charge is 2.30. The normalized spacial score (nSPS) is 15.7. The highest BCUT2D eigenvalue weighted by atomic mass is 32.2. The summed E-state index contributed by atoms with van der Waals surface area (Å²) in [4.78, 5) is 23.9. The summed E-state index contributed by atoms with van der Waals surface area (Å²) < 4.78 is 31.1. The fourth-order valence-electron chi connectivity index (χ4n) is 2.88. The van der Waals surface area contributed by atoms with Crippen molar-refractivity contribution in [3.8, 4) is 0 Å². The van der Waals surface area contributed by atoms with Crippen LogP contribution >= 0.6 is 0 Å². The first kappa shape index (κ1) is 20.4. The van der Waals surface area contributed by atoms with Gasteiger partial charge < -0.3 is 10.1 Å². The Hall–Kier alpha value is -1.93. The number of hydrogen-bond donors (Lipinski definition) is 1. The Balaban J connectivity index is 1.93. The fraction of sp³-hybridized carbons (Fsp3) is 0.556. The minimum atomic E-state index is -3.42. The van der Waals surface area contributed by atoms with Gasteiger partial charge in [-0.1, -0.05) is 12.1 Å². The van der Waals surface area contributed by atoms with Gasteiger partial charge in [0.25, 0.3) is 0 Å². The SMILES string of the molecule is COC(=O)C(C)(C)NC(=O)CCc1ccc(S(=O)(=O)N2CCCC2)cc1. The van der Waals surface area contributed by atoms with Crippen molar-refractivity contribution in [3.05, 3.63) is 29.8 Å². The minimum absolute atomic E-state index is 0.193. The number of esters is 1. The van der Waals surface area contributed by atoms with Crippen molar-refractivity contribution >= 4 is 21.9 Å². The molecule has 0 spiro atoms. The summed E-state index contributed by atoms with van der Waals surface area (Å²) in [6.45, 7) is 4.30. The molecule has 1 N–H and O–H groups in total. The zero-order chi connectivity index (χ0) is 19.4. The number of methoxy groups -OCH3 is 1. The first-order valence-electron chi connectivity index (χ1n) is 8.65. The average molecular weight is 382 g/mol. The number of sulfonamides is 1. The second-order valence-corrected chi connectivity index (χ2v) is 8.86. The van der Waals surface area contributed by atoms with E-state index < -0.39 is 21.5 Å². The summed E-state index contributed by atoms with van der Waals surface area (Å²) in [5, 5.41) is 2.63. The van der Waals surface area contributed by atoms with Crippen molar-refractivity contribution < 1.29 is 22.7 Å². The molecule has 1 amide bonds. The van der Waals surface area contributed by atoms with Crippen LogP contribution in [0.2, 0.25) is 0 Å². The maximum atomic E-state index is 12.5. The van der Waals surface area contributed by atoms with E-state index in [1.165, 1.54) is 11.4 Å². The van der Waals surface area contributed by atoms with Crippen molar-refractivity contribution in [1.29, 1.82) is 0 Å². The van der Waals surface area contributed by atoms with E-state index in [2.05, 4.69) is 10.1 Å². The summed E-state index contributed by atoms with van der Waals surface area (Å²) in [5.74, 6) is -0.781. The molecule has 1 saturated heterocycles. The molecule has 0 atom stereocenters. The third-order valence-corrected chi connectivity index (χ3v) is 6.33. The number of carbonyl (C=O) groups excluding carboxylic acids is 2. The summed E-state index contributed by atoms with van der Waals surface area (Å²) in [6, 6.07) is 6.61. The van der Waals surface area contributed by atoms with E-state index in [1.54, 1.807) is 38.1 Å². The average Bonchev–Trinajstić information content (AvgIpc) is 3.14. The lowest BCUT2D eigenvalue weighted by Gasteiger charge is -2.23. The first-order chi connectivity index (χ1) is 12.2. The van der Waals surface area contributed by atoms with Crippen molar-refractivity contribution in [1.82, 2.24) is 9.62 Å². The standard InChI is InChI=1S/C18H26N2O5S/c1-18(2,17(22)25-3)19-16(21)11-8-14-6-9-15(10-7-14)26(23,24)20-12-4-5-13-20/h6-7,9-10H,4-5,8,11-13H2,1-3H3,(H,19,21). The van der Waals surface area contributed by atoms with Crippen molar-refractivity contribution in [2.75, 3.05) is 20.2 Å². The van der Waals surface area contributed by atoms with Crippen LogP contribution in [0.1, 0.15) is 38.7 Å². The van der Waals surface area contributed by atoms with Gasteiger partial charge in [-0.05, 0) is 50.8 Å². The Morgan fingerprint density at radius 3 is 2.27 bits per heavy atom. The molecule has 0 unspecified atom stereocenters. The number of amides is 1. The zero-order valence-corrected chi connectivity index (χ0v) is 16.3. The number of hydrogen-bond acceptors (Lipinski definition) is 5. The Morgan fingerprint density at radius 1 is 1.15 bits per heavy atom. The quantitative estimate of drug-likeness (QED) is 0.721. The number of nitrogens with zero attached hydrogens (tertiary/aromatic N) is 1. The van der Waals surface area contributed by atoms with Gasteiger partial charge in [0.2, 0.25) is 15.9 Å². The first-order valence-corrected chi connectivity index (χ1v) is 10.1. The molecule has 144 valence electrons. The van der Waals surface area contributed by atoms with Gasteiger partial charge in [-0.25, -0.2) is 13.2 Å². The molecule has 0 radical (unpaired) electrons. The molecule has 1 aromatic carbocycles. The van der Waals surface area contributed by atoms with Crippen molar-refractivity contribution in [3.63, 3.8) is 0 Å². The molecule has 1 heterocycles. The van der Waals surface area contributed by atoms with Crippen LogP contribution in [0.15, 0.2) is 29.2 Å². The fourth-order valence-corrected chi connectivity index (χ4v) is 4.40. The molecule has 0 aliphatic carbocycles. The number of rotatable bonds is 7. The van der Waals surface area contributed by atoms with Gasteiger partial charge in [0.15, 0.2) is 0 Å². The molecule has 0 saturated carbocycles. The second-order valence-electron chi connectivity index (χ2n) is 6.92. The Labute approximate surface area is 154 Å². The molecule has 8 heteroatoms. The lowest BCUT2D eigenvalue weighted by Crippen LogP contribution is -2.50. The number of nitrogens with one attached hydrogen (secondary N) is 1. The maximum Gasteiger partial charge on any atom is 0.330 e. The molecule has 7 nitrogen and oxygen atoms in total. The molecule has 0 aromatic heterocycles. The van der Waals surface area contributed by atoms with E-state index in [4.69, 9.17) is 0 Å². The minimum Gasteiger partial charge on any atom is -0.467 e. The summed E-state index contributed by atoms with van der Waals surface area (Å²) in [6.07, 6.45) is 2.44. The molecular formula is C18H26N2O5S. The highest BCUT2D eigenvalue weighted by Crippen LogP contribution is 2.21. The smallest absolute Gasteiger partial charge is 0.330 e. The van der Waals surface area contributed by atoms with Gasteiger partial charge in [0.1, 0.15) is 5.54 Å². The van der Waals surface area contributed by atoms with Crippen LogP contribution < -0.4 is 5.32 Å². The summed E-state index contributed by atoms with van der Waals surface area (Å²) in [5.41, 5.74) is -0.226. The molecule has 26 heavy (non-hydrogen) atoms. The van der Waals surface area contributed by atoms with E-state index >= 15 is 0 Å².